The fourth-order valence-corrected chi connectivity index (χ4v) is 5.51. The summed E-state index contributed by atoms with van der Waals surface area (Å²) in [5.74, 6) is 2.01. The molecule has 0 spiro atoms. The van der Waals surface area contributed by atoms with Gasteiger partial charge in [0.2, 0.25) is 5.89 Å². The molecule has 2 aliphatic rings. The molecular formula is C18H24N4O3S. The topological polar surface area (TPSA) is 79.5 Å². The van der Waals surface area contributed by atoms with Crippen molar-refractivity contribution in [2.45, 2.75) is 25.4 Å². The Bertz CT molecular complexity index is 829. The Morgan fingerprint density at radius 2 is 1.88 bits per heavy atom. The second-order valence-electron chi connectivity index (χ2n) is 7.14. The average molecular weight is 376 g/mol. The van der Waals surface area contributed by atoms with E-state index in [9.17, 15) is 8.42 Å². The molecule has 1 aromatic heterocycles. The monoisotopic (exact) mass is 376 g/mol. The fraction of sp³-hybridized carbons (Fsp3) is 0.556. The van der Waals surface area contributed by atoms with Crippen LogP contribution in [0.1, 0.15) is 23.7 Å². The first kappa shape index (κ1) is 17.6. The zero-order valence-electron chi connectivity index (χ0n) is 14.7. The van der Waals surface area contributed by atoms with Gasteiger partial charge in [-0.1, -0.05) is 35.5 Å². The molecule has 140 valence electrons. The Labute approximate surface area is 153 Å². The van der Waals surface area contributed by atoms with Crippen molar-refractivity contribution in [1.29, 1.82) is 0 Å². The van der Waals surface area contributed by atoms with E-state index < -0.39 is 9.84 Å². The van der Waals surface area contributed by atoms with Crippen LogP contribution in [0.4, 0.5) is 0 Å². The lowest BCUT2D eigenvalue weighted by Gasteiger charge is -2.37. The number of benzene rings is 1. The van der Waals surface area contributed by atoms with Crippen molar-refractivity contribution in [3.63, 3.8) is 0 Å². The van der Waals surface area contributed by atoms with Gasteiger partial charge in [-0.15, -0.1) is 0 Å². The zero-order valence-corrected chi connectivity index (χ0v) is 15.6. The van der Waals surface area contributed by atoms with Gasteiger partial charge in [0.15, 0.2) is 15.7 Å². The van der Waals surface area contributed by atoms with E-state index in [-0.39, 0.29) is 6.04 Å². The summed E-state index contributed by atoms with van der Waals surface area (Å²) in [5, 5.41) is 4.08. The van der Waals surface area contributed by atoms with Crippen molar-refractivity contribution in [2.75, 3.05) is 37.7 Å². The van der Waals surface area contributed by atoms with Crippen molar-refractivity contribution >= 4 is 9.84 Å². The second kappa shape index (κ2) is 7.46. The Morgan fingerprint density at radius 3 is 2.58 bits per heavy atom. The van der Waals surface area contributed by atoms with Crippen molar-refractivity contribution in [1.82, 2.24) is 19.9 Å². The number of sulfone groups is 1. The molecule has 0 bridgehead atoms. The zero-order chi connectivity index (χ0) is 18.0. The summed E-state index contributed by atoms with van der Waals surface area (Å²) in [7, 11) is -2.82. The van der Waals surface area contributed by atoms with Crippen LogP contribution in [0.3, 0.4) is 0 Å². The van der Waals surface area contributed by atoms with Gasteiger partial charge in [0, 0.05) is 38.6 Å². The molecule has 4 rings (SSSR count). The van der Waals surface area contributed by atoms with Crippen LogP contribution in [0.2, 0.25) is 0 Å². The third-order valence-corrected chi connectivity index (χ3v) is 6.96. The Kier molecular flexibility index (Phi) is 5.06. The van der Waals surface area contributed by atoms with E-state index in [1.165, 1.54) is 5.56 Å². The van der Waals surface area contributed by atoms with Crippen molar-refractivity contribution in [3.05, 3.63) is 47.6 Å². The van der Waals surface area contributed by atoms with Crippen LogP contribution in [-0.4, -0.2) is 72.1 Å². The Balaban J connectivity index is 1.27. The number of hydrogen-bond acceptors (Lipinski definition) is 7. The van der Waals surface area contributed by atoms with Crippen molar-refractivity contribution in [2.24, 2.45) is 0 Å². The lowest BCUT2D eigenvalue weighted by Crippen LogP contribution is -2.50. The molecule has 0 saturated carbocycles. The molecule has 2 fully saturated rings. The van der Waals surface area contributed by atoms with Gasteiger partial charge in [-0.05, 0) is 12.0 Å². The first-order valence-corrected chi connectivity index (χ1v) is 10.9. The maximum absolute atomic E-state index is 11.7. The molecule has 0 radical (unpaired) electrons. The fourth-order valence-electron chi connectivity index (χ4n) is 3.75. The maximum atomic E-state index is 11.7. The van der Waals surface area contributed by atoms with E-state index in [0.717, 1.165) is 32.6 Å². The van der Waals surface area contributed by atoms with E-state index in [4.69, 9.17) is 4.52 Å². The summed E-state index contributed by atoms with van der Waals surface area (Å²) in [4.78, 5) is 9.11. The third-order valence-electron chi connectivity index (χ3n) is 5.21. The normalized spacial score (nSPS) is 24.1. The molecule has 2 aliphatic heterocycles. The molecule has 7 nitrogen and oxygen atoms in total. The van der Waals surface area contributed by atoms with Gasteiger partial charge >= 0.3 is 0 Å². The smallest absolute Gasteiger partial charge is 0.240 e. The molecule has 2 aromatic rings. The molecule has 1 atom stereocenters. The summed E-state index contributed by atoms with van der Waals surface area (Å²) >= 11 is 0. The van der Waals surface area contributed by atoms with E-state index in [0.29, 0.717) is 36.2 Å². The molecular weight excluding hydrogens is 352 g/mol. The highest BCUT2D eigenvalue weighted by Crippen LogP contribution is 2.19. The first-order valence-electron chi connectivity index (χ1n) is 9.10. The van der Waals surface area contributed by atoms with Crippen LogP contribution in [0.5, 0.6) is 0 Å². The highest BCUT2D eigenvalue weighted by atomic mass is 32.2. The quantitative estimate of drug-likeness (QED) is 0.769. The van der Waals surface area contributed by atoms with Crippen LogP contribution in [-0.2, 0) is 22.8 Å². The number of aromatic nitrogens is 2. The highest BCUT2D eigenvalue weighted by Gasteiger charge is 2.33. The first-order chi connectivity index (χ1) is 12.6. The predicted molar refractivity (Wildman–Crippen MR) is 97.5 cm³/mol. The molecule has 1 unspecified atom stereocenters. The lowest BCUT2D eigenvalue weighted by molar-refractivity contribution is 0.0926. The summed E-state index contributed by atoms with van der Waals surface area (Å²) in [6, 6.07) is 10.3. The van der Waals surface area contributed by atoms with Crippen molar-refractivity contribution < 1.29 is 12.9 Å². The van der Waals surface area contributed by atoms with Gasteiger partial charge in [-0.2, -0.15) is 4.98 Å². The SMILES string of the molecule is O=S1(=O)CCC(N2CCN(Cc3nc(Cc4ccccc4)no3)CC2)C1. The minimum absolute atomic E-state index is 0.197. The summed E-state index contributed by atoms with van der Waals surface area (Å²) < 4.78 is 28.7. The van der Waals surface area contributed by atoms with Gasteiger partial charge in [-0.3, -0.25) is 9.80 Å². The number of nitrogens with zero attached hydrogens (tertiary/aromatic N) is 4. The minimum atomic E-state index is -2.82. The van der Waals surface area contributed by atoms with Crippen LogP contribution < -0.4 is 0 Å². The summed E-state index contributed by atoms with van der Waals surface area (Å²) in [5.41, 5.74) is 1.17. The van der Waals surface area contributed by atoms with Gasteiger partial charge in [-0.25, -0.2) is 8.42 Å². The van der Waals surface area contributed by atoms with Crippen LogP contribution >= 0.6 is 0 Å². The van der Waals surface area contributed by atoms with Gasteiger partial charge < -0.3 is 4.52 Å². The second-order valence-corrected chi connectivity index (χ2v) is 9.36. The molecule has 2 saturated heterocycles. The molecule has 3 heterocycles. The standard InChI is InChI=1S/C18H24N4O3S/c23-26(24)11-6-16(14-26)22-9-7-21(8-10-22)13-18-19-17(20-25-18)12-15-4-2-1-3-5-15/h1-5,16H,6-14H2. The lowest BCUT2D eigenvalue weighted by atomic mass is 10.1. The minimum Gasteiger partial charge on any atom is -0.338 e. The Morgan fingerprint density at radius 1 is 1.12 bits per heavy atom. The molecule has 0 N–H and O–H groups in total. The number of piperazine rings is 1. The van der Waals surface area contributed by atoms with Gasteiger partial charge in [0.1, 0.15) is 0 Å². The maximum Gasteiger partial charge on any atom is 0.240 e. The van der Waals surface area contributed by atoms with E-state index in [2.05, 4.69) is 32.1 Å². The van der Waals surface area contributed by atoms with Crippen LogP contribution in [0.25, 0.3) is 0 Å². The third kappa shape index (κ3) is 4.31. The van der Waals surface area contributed by atoms with Crippen LogP contribution in [0.15, 0.2) is 34.9 Å². The molecule has 0 aliphatic carbocycles. The number of rotatable bonds is 5. The number of hydrogen-bond donors (Lipinski definition) is 0. The van der Waals surface area contributed by atoms with Gasteiger partial charge in [0.05, 0.1) is 18.1 Å². The Hall–Kier alpha value is -1.77. The summed E-state index contributed by atoms with van der Waals surface area (Å²) in [6.07, 6.45) is 1.45. The van der Waals surface area contributed by atoms with E-state index in [1.807, 2.05) is 18.2 Å². The molecule has 1 aromatic carbocycles. The molecule has 8 heteroatoms. The molecule has 0 amide bonds. The summed E-state index contributed by atoms with van der Waals surface area (Å²) in [6.45, 7) is 4.23. The van der Waals surface area contributed by atoms with Crippen LogP contribution in [0, 0.1) is 0 Å². The van der Waals surface area contributed by atoms with E-state index in [1.54, 1.807) is 0 Å². The molecule has 26 heavy (non-hydrogen) atoms. The average Bonchev–Trinajstić information content (AvgIpc) is 3.22. The van der Waals surface area contributed by atoms with Crippen molar-refractivity contribution in [3.8, 4) is 0 Å². The van der Waals surface area contributed by atoms with Gasteiger partial charge in [0.25, 0.3) is 0 Å². The largest absolute Gasteiger partial charge is 0.338 e. The predicted octanol–water partition coefficient (Wildman–Crippen LogP) is 0.965. The highest BCUT2D eigenvalue weighted by molar-refractivity contribution is 7.91. The van der Waals surface area contributed by atoms with E-state index >= 15 is 0 Å².